The number of nitrogens with zero attached hydrogens (tertiary/aromatic N) is 1. The first-order valence-electron chi connectivity index (χ1n) is 4.67. The Kier molecular flexibility index (Phi) is 4.27. The number of benzene rings is 1. The Morgan fingerprint density at radius 3 is 2.94 bits per heavy atom. The number of amides is 1. The van der Waals surface area contributed by atoms with E-state index in [0.29, 0.717) is 0 Å². The summed E-state index contributed by atoms with van der Waals surface area (Å²) in [6.07, 6.45) is 0. The van der Waals surface area contributed by atoms with Crippen LogP contribution in [0.4, 0.5) is 4.39 Å². The SMILES string of the molecule is COc1cccc(F)c1C(=O)NCC(N)=NO. The highest BCUT2D eigenvalue weighted by atomic mass is 19.1. The molecule has 0 saturated carbocycles. The van der Waals surface area contributed by atoms with Crippen LogP contribution in [0, 0.1) is 5.82 Å². The average molecular weight is 241 g/mol. The zero-order valence-electron chi connectivity index (χ0n) is 9.11. The molecule has 6 nitrogen and oxygen atoms in total. The molecule has 1 rings (SSSR count). The van der Waals surface area contributed by atoms with E-state index in [1.54, 1.807) is 0 Å². The van der Waals surface area contributed by atoms with E-state index in [4.69, 9.17) is 15.7 Å². The summed E-state index contributed by atoms with van der Waals surface area (Å²) in [7, 11) is 1.33. The van der Waals surface area contributed by atoms with Crippen LogP contribution >= 0.6 is 0 Å². The van der Waals surface area contributed by atoms with Gasteiger partial charge in [0.05, 0.1) is 13.7 Å². The van der Waals surface area contributed by atoms with Crippen molar-refractivity contribution in [1.82, 2.24) is 5.32 Å². The van der Waals surface area contributed by atoms with Crippen molar-refractivity contribution in [1.29, 1.82) is 0 Å². The molecule has 1 aromatic carbocycles. The molecule has 0 fully saturated rings. The van der Waals surface area contributed by atoms with E-state index in [9.17, 15) is 9.18 Å². The number of methoxy groups -OCH3 is 1. The van der Waals surface area contributed by atoms with Gasteiger partial charge >= 0.3 is 0 Å². The Hall–Kier alpha value is -2.31. The molecule has 1 aromatic rings. The number of hydrogen-bond acceptors (Lipinski definition) is 4. The molecule has 0 heterocycles. The van der Waals surface area contributed by atoms with Crippen LogP contribution in [-0.4, -0.2) is 30.6 Å². The number of carbonyl (C=O) groups is 1. The fourth-order valence-corrected chi connectivity index (χ4v) is 1.19. The van der Waals surface area contributed by atoms with Crippen LogP contribution in [0.25, 0.3) is 0 Å². The van der Waals surface area contributed by atoms with Gasteiger partial charge in [-0.25, -0.2) is 4.39 Å². The van der Waals surface area contributed by atoms with E-state index in [2.05, 4.69) is 10.5 Å². The van der Waals surface area contributed by atoms with Crippen LogP contribution < -0.4 is 15.8 Å². The standard InChI is InChI=1S/C10H12FN3O3/c1-17-7-4-2-3-6(11)9(7)10(15)13-5-8(12)14-16/h2-4,16H,5H2,1H3,(H2,12,14)(H,13,15). The van der Waals surface area contributed by atoms with Gasteiger partial charge in [-0.1, -0.05) is 11.2 Å². The van der Waals surface area contributed by atoms with Gasteiger partial charge in [-0.05, 0) is 12.1 Å². The number of carbonyl (C=O) groups excluding carboxylic acids is 1. The number of nitrogens with two attached hydrogens (primary N) is 1. The predicted octanol–water partition coefficient (Wildman–Crippen LogP) is 0.310. The molecule has 0 aliphatic heterocycles. The Morgan fingerprint density at radius 1 is 1.65 bits per heavy atom. The van der Waals surface area contributed by atoms with E-state index >= 15 is 0 Å². The van der Waals surface area contributed by atoms with Crippen LogP contribution in [0.15, 0.2) is 23.4 Å². The Morgan fingerprint density at radius 2 is 2.35 bits per heavy atom. The van der Waals surface area contributed by atoms with E-state index in [-0.39, 0.29) is 23.7 Å². The van der Waals surface area contributed by atoms with Gasteiger partial charge in [0.2, 0.25) is 0 Å². The van der Waals surface area contributed by atoms with E-state index in [1.165, 1.54) is 19.2 Å². The number of rotatable bonds is 4. The van der Waals surface area contributed by atoms with E-state index in [1.807, 2.05) is 0 Å². The first-order valence-corrected chi connectivity index (χ1v) is 4.67. The monoisotopic (exact) mass is 241 g/mol. The van der Waals surface area contributed by atoms with Gasteiger partial charge in [0.25, 0.3) is 5.91 Å². The van der Waals surface area contributed by atoms with Crippen molar-refractivity contribution in [3.63, 3.8) is 0 Å². The molecule has 0 bridgehead atoms. The Balaban J connectivity index is 2.88. The van der Waals surface area contributed by atoms with Gasteiger partial charge in [0.15, 0.2) is 5.84 Å². The maximum atomic E-state index is 13.4. The van der Waals surface area contributed by atoms with Crippen molar-refractivity contribution >= 4 is 11.7 Å². The van der Waals surface area contributed by atoms with Crippen molar-refractivity contribution in [3.05, 3.63) is 29.6 Å². The predicted molar refractivity (Wildman–Crippen MR) is 58.7 cm³/mol. The minimum atomic E-state index is -0.707. The molecule has 0 atom stereocenters. The van der Waals surface area contributed by atoms with Crippen molar-refractivity contribution < 1.29 is 19.1 Å². The van der Waals surface area contributed by atoms with Crippen molar-refractivity contribution in [2.45, 2.75) is 0 Å². The second-order valence-electron chi connectivity index (χ2n) is 3.09. The highest BCUT2D eigenvalue weighted by molar-refractivity contribution is 5.99. The first-order chi connectivity index (χ1) is 8.10. The van der Waals surface area contributed by atoms with Crippen LogP contribution in [-0.2, 0) is 0 Å². The summed E-state index contributed by atoms with van der Waals surface area (Å²) in [5, 5.41) is 13.3. The van der Waals surface area contributed by atoms with Crippen LogP contribution in [0.2, 0.25) is 0 Å². The van der Waals surface area contributed by atoms with E-state index in [0.717, 1.165) is 6.07 Å². The highest BCUT2D eigenvalue weighted by Gasteiger charge is 2.17. The summed E-state index contributed by atoms with van der Waals surface area (Å²) >= 11 is 0. The average Bonchev–Trinajstić information content (AvgIpc) is 2.34. The fourth-order valence-electron chi connectivity index (χ4n) is 1.19. The van der Waals surface area contributed by atoms with E-state index < -0.39 is 11.7 Å². The third-order valence-corrected chi connectivity index (χ3v) is 1.98. The minimum Gasteiger partial charge on any atom is -0.496 e. The molecule has 0 aliphatic carbocycles. The lowest BCUT2D eigenvalue weighted by molar-refractivity contribution is 0.0951. The molecule has 0 saturated heterocycles. The normalized spacial score (nSPS) is 11.1. The molecule has 0 spiro atoms. The number of halogens is 1. The molecular weight excluding hydrogens is 229 g/mol. The fraction of sp³-hybridized carbons (Fsp3) is 0.200. The lowest BCUT2D eigenvalue weighted by atomic mass is 10.1. The van der Waals surface area contributed by atoms with Crippen molar-refractivity contribution in [3.8, 4) is 5.75 Å². The Bertz CT molecular complexity index is 448. The number of hydrogen-bond donors (Lipinski definition) is 3. The molecule has 1 amide bonds. The minimum absolute atomic E-state index is 0.113. The summed E-state index contributed by atoms with van der Waals surface area (Å²) in [5.41, 5.74) is 4.95. The van der Waals surface area contributed by atoms with Crippen LogP contribution in [0.3, 0.4) is 0 Å². The van der Waals surface area contributed by atoms with Crippen LogP contribution in [0.5, 0.6) is 5.75 Å². The van der Waals surface area contributed by atoms with Gasteiger partial charge < -0.3 is 21.0 Å². The third kappa shape index (κ3) is 3.07. The van der Waals surface area contributed by atoms with Gasteiger partial charge in [-0.15, -0.1) is 0 Å². The Labute approximate surface area is 96.9 Å². The smallest absolute Gasteiger partial charge is 0.258 e. The summed E-state index contributed by atoms with van der Waals surface area (Å²) in [6, 6.07) is 4.02. The molecule has 0 radical (unpaired) electrons. The lowest BCUT2D eigenvalue weighted by Crippen LogP contribution is -2.34. The maximum Gasteiger partial charge on any atom is 0.258 e. The highest BCUT2D eigenvalue weighted by Crippen LogP contribution is 2.20. The quantitative estimate of drug-likeness (QED) is 0.306. The molecule has 0 aliphatic rings. The lowest BCUT2D eigenvalue weighted by Gasteiger charge is -2.09. The number of ether oxygens (including phenoxy) is 1. The molecule has 0 aromatic heterocycles. The number of oxime groups is 1. The second-order valence-corrected chi connectivity index (χ2v) is 3.09. The molecule has 7 heteroatoms. The molecule has 0 unspecified atom stereocenters. The molecular formula is C10H12FN3O3. The van der Waals surface area contributed by atoms with Crippen molar-refractivity contribution in [2.24, 2.45) is 10.9 Å². The third-order valence-electron chi connectivity index (χ3n) is 1.98. The topological polar surface area (TPSA) is 96.9 Å². The zero-order chi connectivity index (χ0) is 12.8. The molecule has 17 heavy (non-hydrogen) atoms. The first kappa shape index (κ1) is 12.8. The number of nitrogens with one attached hydrogen (secondary N) is 1. The van der Waals surface area contributed by atoms with Gasteiger partial charge in [-0.3, -0.25) is 4.79 Å². The van der Waals surface area contributed by atoms with Gasteiger partial charge in [0, 0.05) is 0 Å². The van der Waals surface area contributed by atoms with Gasteiger partial charge in [0.1, 0.15) is 17.1 Å². The summed E-state index contributed by atoms with van der Waals surface area (Å²) in [6.45, 7) is -0.188. The van der Waals surface area contributed by atoms with Crippen molar-refractivity contribution in [2.75, 3.05) is 13.7 Å². The maximum absolute atomic E-state index is 13.4. The summed E-state index contributed by atoms with van der Waals surface area (Å²) in [4.78, 5) is 11.6. The zero-order valence-corrected chi connectivity index (χ0v) is 9.11. The second kappa shape index (κ2) is 5.69. The molecule has 92 valence electrons. The summed E-state index contributed by atoms with van der Waals surface area (Å²) < 4.78 is 18.3. The molecule has 4 N–H and O–H groups in total. The number of amidine groups is 1. The van der Waals surface area contributed by atoms with Crippen LogP contribution in [0.1, 0.15) is 10.4 Å². The van der Waals surface area contributed by atoms with Gasteiger partial charge in [-0.2, -0.15) is 0 Å². The largest absolute Gasteiger partial charge is 0.496 e. The summed E-state index contributed by atoms with van der Waals surface area (Å²) in [5.74, 6) is -1.48.